The molecule has 39 heavy (non-hydrogen) atoms. The molecule has 0 bridgehead atoms. The number of carbonyl (C=O) groups excluding carboxylic acids is 1. The Balaban J connectivity index is 0.000000349. The molecule has 12 heteroatoms. The summed E-state index contributed by atoms with van der Waals surface area (Å²) < 4.78 is 0. The van der Waals surface area contributed by atoms with Gasteiger partial charge in [-0.25, -0.2) is 10.3 Å². The molecule has 0 fully saturated rings. The number of carbonyl (C=O) groups is 4. The Bertz CT molecular complexity index is 1310. The van der Waals surface area contributed by atoms with Crippen LogP contribution in [0.2, 0.25) is 0 Å². The van der Waals surface area contributed by atoms with E-state index in [1.54, 1.807) is 11.6 Å². The van der Waals surface area contributed by atoms with Crippen LogP contribution < -0.4 is 10.8 Å². The summed E-state index contributed by atoms with van der Waals surface area (Å²) in [6, 6.07) is 16.4. The van der Waals surface area contributed by atoms with Gasteiger partial charge in [-0.2, -0.15) is 0 Å². The minimum Gasteiger partial charge on any atom is -0.481 e. The number of carboxylic acids is 3. The minimum absolute atomic E-state index is 0.539. The fourth-order valence-corrected chi connectivity index (χ4v) is 3.77. The van der Waals surface area contributed by atoms with Crippen molar-refractivity contribution in [2.75, 3.05) is 6.54 Å². The molecule has 1 amide bonds. The van der Waals surface area contributed by atoms with Gasteiger partial charge in [-0.15, -0.1) is 0 Å². The van der Waals surface area contributed by atoms with Gasteiger partial charge in [-0.05, 0) is 48.7 Å². The van der Waals surface area contributed by atoms with E-state index in [0.29, 0.717) is 0 Å². The molecule has 2 aromatic carbocycles. The molecule has 0 aliphatic rings. The summed E-state index contributed by atoms with van der Waals surface area (Å²) in [6.45, 7) is 3.82. The highest BCUT2D eigenvalue weighted by Crippen LogP contribution is 2.22. The van der Waals surface area contributed by atoms with Crippen LogP contribution in [0.5, 0.6) is 0 Å². The van der Waals surface area contributed by atoms with Crippen LogP contribution in [0.25, 0.3) is 17.0 Å². The quantitative estimate of drug-likeness (QED) is 0.0724. The predicted molar refractivity (Wildman–Crippen MR) is 141 cm³/mol. The number of aryl methyl sites for hydroxylation is 1. The molecule has 0 radical (unpaired) electrons. The van der Waals surface area contributed by atoms with E-state index in [4.69, 9.17) is 25.6 Å². The van der Waals surface area contributed by atoms with Crippen molar-refractivity contribution in [1.29, 1.82) is 0 Å². The van der Waals surface area contributed by atoms with Crippen LogP contribution in [-0.2, 0) is 32.1 Å². The average Bonchev–Trinajstić information content (AvgIpc) is 3.20. The molecule has 0 unspecified atom stereocenters. The summed E-state index contributed by atoms with van der Waals surface area (Å²) in [5.74, 6) is -5.56. The van der Waals surface area contributed by atoms with Gasteiger partial charge in [0.1, 0.15) is 0 Å². The number of benzene rings is 2. The lowest BCUT2D eigenvalue weighted by Gasteiger charge is -2.18. The van der Waals surface area contributed by atoms with Crippen molar-refractivity contribution in [2.45, 2.75) is 38.3 Å². The molecule has 1 heterocycles. The van der Waals surface area contributed by atoms with Crippen LogP contribution in [0.3, 0.4) is 0 Å². The molecule has 0 atom stereocenters. The number of carboxylic acid groups (broad SMARTS) is 3. The maximum Gasteiger partial charge on any atom is 0.336 e. The number of aromatic nitrogens is 1. The highest BCUT2D eigenvalue weighted by atomic mass is 16.5. The molecule has 8 N–H and O–H groups in total. The van der Waals surface area contributed by atoms with Gasteiger partial charge in [0, 0.05) is 29.2 Å². The molecule has 3 rings (SSSR count). The number of para-hydroxylation sites is 1. The van der Waals surface area contributed by atoms with Crippen molar-refractivity contribution in [3.05, 3.63) is 77.0 Å². The second-order valence-corrected chi connectivity index (χ2v) is 8.73. The van der Waals surface area contributed by atoms with Crippen LogP contribution in [0, 0.1) is 6.92 Å². The van der Waals surface area contributed by atoms with E-state index >= 15 is 0 Å². The summed E-state index contributed by atoms with van der Waals surface area (Å²) in [5.41, 5.74) is 4.72. The Hall–Kier alpha value is -4.52. The summed E-state index contributed by atoms with van der Waals surface area (Å²) in [7, 11) is 0. The molecule has 3 aromatic rings. The van der Waals surface area contributed by atoms with Crippen LogP contribution in [-0.4, -0.2) is 66.6 Å². The zero-order valence-electron chi connectivity index (χ0n) is 21.2. The molecule has 208 valence electrons. The van der Waals surface area contributed by atoms with Gasteiger partial charge in [0.2, 0.25) is 0 Å². The van der Waals surface area contributed by atoms with E-state index in [1.165, 1.54) is 33.8 Å². The maximum absolute atomic E-state index is 11.0. The first kappa shape index (κ1) is 30.7. The summed E-state index contributed by atoms with van der Waals surface area (Å²) in [4.78, 5) is 44.9. The standard InChI is InChI=1S/C21H23N3O2.C6H8O7/c1-15-18(19-4-2-3-5-20(19)23-15)12-13-22-14-17-8-6-16(7-9-17)10-11-21(25)24-26;7-3(8)1-6(13,5(11)12)2-4(9)10/h2-11,22-23,26H,12-14H2,1H3,(H,24,25);13H,1-2H2,(H,7,8)(H,9,10)(H,11,12)/b11-10+;. The third kappa shape index (κ3) is 9.70. The van der Waals surface area contributed by atoms with Gasteiger partial charge in [0.25, 0.3) is 5.91 Å². The zero-order valence-corrected chi connectivity index (χ0v) is 21.2. The van der Waals surface area contributed by atoms with Crippen LogP contribution in [0.15, 0.2) is 54.6 Å². The fourth-order valence-electron chi connectivity index (χ4n) is 3.77. The molecule has 0 saturated heterocycles. The Labute approximate surface area is 223 Å². The number of aliphatic hydroxyl groups is 1. The largest absolute Gasteiger partial charge is 0.481 e. The first-order chi connectivity index (χ1) is 18.4. The second kappa shape index (κ2) is 14.4. The van der Waals surface area contributed by atoms with Crippen molar-refractivity contribution in [3.8, 4) is 0 Å². The number of aromatic amines is 1. The monoisotopic (exact) mass is 541 g/mol. The van der Waals surface area contributed by atoms with Gasteiger partial charge in [0.15, 0.2) is 5.60 Å². The van der Waals surface area contributed by atoms with Gasteiger partial charge >= 0.3 is 17.9 Å². The Morgan fingerprint density at radius 3 is 2.13 bits per heavy atom. The van der Waals surface area contributed by atoms with Crippen LogP contribution in [0.1, 0.15) is 35.2 Å². The van der Waals surface area contributed by atoms with E-state index < -0.39 is 42.3 Å². The van der Waals surface area contributed by atoms with Crippen LogP contribution >= 0.6 is 0 Å². The normalized spacial score (nSPS) is 11.2. The van der Waals surface area contributed by atoms with E-state index in [1.807, 2.05) is 24.3 Å². The first-order valence-electron chi connectivity index (χ1n) is 11.8. The third-order valence-corrected chi connectivity index (χ3v) is 5.71. The van der Waals surface area contributed by atoms with E-state index in [-0.39, 0.29) is 0 Å². The highest BCUT2D eigenvalue weighted by Gasteiger charge is 2.40. The van der Waals surface area contributed by atoms with Crippen molar-refractivity contribution >= 4 is 40.8 Å². The molecule has 0 saturated carbocycles. The molecule has 12 nitrogen and oxygen atoms in total. The lowest BCUT2D eigenvalue weighted by molar-refractivity contribution is -0.170. The topological polar surface area (TPSA) is 209 Å². The molecular weight excluding hydrogens is 510 g/mol. The summed E-state index contributed by atoms with van der Waals surface area (Å²) >= 11 is 0. The lowest BCUT2D eigenvalue weighted by Crippen LogP contribution is -2.42. The number of aliphatic carboxylic acids is 3. The number of H-pyrrole nitrogens is 1. The van der Waals surface area contributed by atoms with Gasteiger partial charge < -0.3 is 30.7 Å². The highest BCUT2D eigenvalue weighted by molar-refractivity contribution is 5.91. The zero-order chi connectivity index (χ0) is 29.0. The molecule has 0 spiro atoms. The molecular formula is C27H31N3O9. The molecule has 1 aromatic heterocycles. The molecule has 0 aliphatic carbocycles. The number of amides is 1. The van der Waals surface area contributed by atoms with Gasteiger partial charge in [-0.3, -0.25) is 19.6 Å². The number of nitrogens with one attached hydrogen (secondary N) is 3. The summed E-state index contributed by atoms with van der Waals surface area (Å²) in [5, 5.41) is 47.1. The smallest absolute Gasteiger partial charge is 0.336 e. The number of hydrogen-bond acceptors (Lipinski definition) is 7. The van der Waals surface area contributed by atoms with Gasteiger partial charge in [-0.1, -0.05) is 42.5 Å². The van der Waals surface area contributed by atoms with E-state index in [2.05, 4.69) is 41.5 Å². The predicted octanol–water partition coefficient (Wildman–Crippen LogP) is 2.08. The Kier molecular flexibility index (Phi) is 11.4. The summed E-state index contributed by atoms with van der Waals surface area (Å²) in [6.07, 6.45) is 1.63. The number of hydrogen-bond donors (Lipinski definition) is 8. The van der Waals surface area contributed by atoms with Gasteiger partial charge in [0.05, 0.1) is 12.8 Å². The fraction of sp³-hybridized carbons (Fsp3) is 0.259. The first-order valence-corrected chi connectivity index (χ1v) is 11.8. The minimum atomic E-state index is -2.74. The lowest BCUT2D eigenvalue weighted by atomic mass is 9.96. The Morgan fingerprint density at radius 2 is 1.56 bits per heavy atom. The third-order valence-electron chi connectivity index (χ3n) is 5.71. The number of hydroxylamine groups is 1. The second-order valence-electron chi connectivity index (χ2n) is 8.73. The van der Waals surface area contributed by atoms with E-state index in [0.717, 1.165) is 25.1 Å². The number of rotatable bonds is 12. The van der Waals surface area contributed by atoms with Crippen molar-refractivity contribution in [2.24, 2.45) is 0 Å². The van der Waals surface area contributed by atoms with Crippen molar-refractivity contribution in [3.63, 3.8) is 0 Å². The average molecular weight is 542 g/mol. The molecule has 0 aliphatic heterocycles. The SMILES string of the molecule is Cc1[nH]c2ccccc2c1CCNCc1ccc(/C=C/C(=O)NO)cc1.O=C(O)CC(O)(CC(=O)O)C(=O)O. The Morgan fingerprint density at radius 1 is 0.949 bits per heavy atom. The maximum atomic E-state index is 11.0. The van der Waals surface area contributed by atoms with Crippen molar-refractivity contribution < 1.29 is 44.8 Å². The van der Waals surface area contributed by atoms with Crippen LogP contribution in [0.4, 0.5) is 0 Å². The van der Waals surface area contributed by atoms with E-state index in [9.17, 15) is 19.2 Å². The van der Waals surface area contributed by atoms with Crippen molar-refractivity contribution in [1.82, 2.24) is 15.8 Å². The number of fused-ring (bicyclic) bond motifs is 1.